The average Bonchev–Trinajstić information content (AvgIpc) is 2.44. The second kappa shape index (κ2) is 6.09. The summed E-state index contributed by atoms with van der Waals surface area (Å²) in [6.45, 7) is 4.51. The van der Waals surface area contributed by atoms with Gasteiger partial charge in [0.15, 0.2) is 5.78 Å². The maximum absolute atomic E-state index is 12.3. The van der Waals surface area contributed by atoms with Crippen LogP contribution in [0, 0.1) is 6.92 Å². The quantitative estimate of drug-likeness (QED) is 0.772. The van der Waals surface area contributed by atoms with Crippen LogP contribution in [-0.2, 0) is 0 Å². The largest absolute Gasteiger partial charge is 0.492 e. The molecule has 0 unspecified atom stereocenters. The third-order valence-corrected chi connectivity index (χ3v) is 2.61. The molecule has 0 bridgehead atoms. The number of hydrogen-bond donors (Lipinski definition) is 0. The maximum Gasteiger partial charge on any atom is 0.194 e. The van der Waals surface area contributed by atoms with E-state index in [9.17, 15) is 4.79 Å². The Morgan fingerprint density at radius 3 is 2.84 bits per heavy atom. The molecule has 0 aromatic carbocycles. The first-order valence-electron chi connectivity index (χ1n) is 6.26. The van der Waals surface area contributed by atoms with E-state index in [1.165, 1.54) is 0 Å². The predicted molar refractivity (Wildman–Crippen MR) is 72.4 cm³/mol. The molecule has 0 radical (unpaired) electrons. The van der Waals surface area contributed by atoms with E-state index in [0.29, 0.717) is 23.5 Å². The Hall–Kier alpha value is -2.23. The summed E-state index contributed by atoms with van der Waals surface area (Å²) in [5, 5.41) is 0. The van der Waals surface area contributed by atoms with Crippen LogP contribution in [0.3, 0.4) is 0 Å². The molecule has 0 spiro atoms. The van der Waals surface area contributed by atoms with Crippen LogP contribution in [0.4, 0.5) is 0 Å². The van der Waals surface area contributed by atoms with Crippen molar-refractivity contribution in [3.05, 3.63) is 53.6 Å². The average molecular weight is 256 g/mol. The van der Waals surface area contributed by atoms with Gasteiger partial charge in [0.05, 0.1) is 12.8 Å². The topological polar surface area (TPSA) is 52.1 Å². The standard InChI is InChI=1S/C15H16N2O2/c1-3-6-19-14-8-13(9-16-10-14)15(18)12-4-5-17-11(2)7-12/h4-5,7-10H,3,6H2,1-2H3. The summed E-state index contributed by atoms with van der Waals surface area (Å²) in [6, 6.07) is 5.19. The Morgan fingerprint density at radius 1 is 1.26 bits per heavy atom. The van der Waals surface area contributed by atoms with E-state index in [1.807, 2.05) is 13.8 Å². The molecule has 0 aliphatic rings. The highest BCUT2D eigenvalue weighted by Gasteiger charge is 2.10. The Kier molecular flexibility index (Phi) is 4.23. The van der Waals surface area contributed by atoms with E-state index in [2.05, 4.69) is 9.97 Å². The highest BCUT2D eigenvalue weighted by molar-refractivity contribution is 6.08. The van der Waals surface area contributed by atoms with Gasteiger partial charge in [-0.2, -0.15) is 0 Å². The Bertz CT molecular complexity index is 582. The summed E-state index contributed by atoms with van der Waals surface area (Å²) in [7, 11) is 0. The molecular weight excluding hydrogens is 240 g/mol. The first-order chi connectivity index (χ1) is 9.20. The fourth-order valence-corrected chi connectivity index (χ4v) is 1.70. The summed E-state index contributed by atoms with van der Waals surface area (Å²) in [5.74, 6) is 0.554. The molecule has 0 fully saturated rings. The number of aromatic nitrogens is 2. The van der Waals surface area contributed by atoms with Gasteiger partial charge in [0, 0.05) is 29.2 Å². The van der Waals surface area contributed by atoms with E-state index in [-0.39, 0.29) is 5.78 Å². The predicted octanol–water partition coefficient (Wildman–Crippen LogP) is 2.80. The Balaban J connectivity index is 2.24. The number of hydrogen-bond acceptors (Lipinski definition) is 4. The highest BCUT2D eigenvalue weighted by atomic mass is 16.5. The number of nitrogens with zero attached hydrogens (tertiary/aromatic N) is 2. The van der Waals surface area contributed by atoms with E-state index in [4.69, 9.17) is 4.74 Å². The molecule has 2 aromatic heterocycles. The number of carbonyl (C=O) groups is 1. The van der Waals surface area contributed by atoms with Gasteiger partial charge in [-0.1, -0.05) is 6.92 Å². The van der Waals surface area contributed by atoms with Crippen molar-refractivity contribution in [3.8, 4) is 5.75 Å². The number of rotatable bonds is 5. The van der Waals surface area contributed by atoms with Crippen molar-refractivity contribution in [2.24, 2.45) is 0 Å². The molecule has 4 heteroatoms. The van der Waals surface area contributed by atoms with Gasteiger partial charge in [0.1, 0.15) is 5.75 Å². The van der Waals surface area contributed by atoms with Gasteiger partial charge in [-0.15, -0.1) is 0 Å². The van der Waals surface area contributed by atoms with Gasteiger partial charge in [-0.3, -0.25) is 14.8 Å². The molecule has 4 nitrogen and oxygen atoms in total. The Labute approximate surface area is 112 Å². The molecule has 2 aromatic rings. The van der Waals surface area contributed by atoms with Gasteiger partial charge < -0.3 is 4.74 Å². The van der Waals surface area contributed by atoms with Crippen LogP contribution < -0.4 is 4.74 Å². The number of aryl methyl sites for hydroxylation is 1. The first kappa shape index (κ1) is 13.2. The van der Waals surface area contributed by atoms with Crippen molar-refractivity contribution in [1.29, 1.82) is 0 Å². The zero-order chi connectivity index (χ0) is 13.7. The van der Waals surface area contributed by atoms with Crippen molar-refractivity contribution in [2.75, 3.05) is 6.61 Å². The SMILES string of the molecule is CCCOc1cncc(C(=O)c2ccnc(C)c2)c1. The summed E-state index contributed by atoms with van der Waals surface area (Å²) >= 11 is 0. The highest BCUT2D eigenvalue weighted by Crippen LogP contribution is 2.15. The van der Waals surface area contributed by atoms with Crippen LogP contribution in [0.1, 0.15) is 35.0 Å². The van der Waals surface area contributed by atoms with Crippen LogP contribution >= 0.6 is 0 Å². The minimum atomic E-state index is -0.0695. The van der Waals surface area contributed by atoms with Crippen molar-refractivity contribution in [3.63, 3.8) is 0 Å². The summed E-state index contributed by atoms with van der Waals surface area (Å²) in [6.07, 6.45) is 5.72. The molecule has 0 N–H and O–H groups in total. The zero-order valence-corrected chi connectivity index (χ0v) is 11.1. The summed E-state index contributed by atoms with van der Waals surface area (Å²) < 4.78 is 5.48. The van der Waals surface area contributed by atoms with E-state index in [1.54, 1.807) is 36.8 Å². The molecule has 0 amide bonds. The lowest BCUT2D eigenvalue weighted by atomic mass is 10.1. The third-order valence-electron chi connectivity index (χ3n) is 2.61. The van der Waals surface area contributed by atoms with Gasteiger partial charge in [-0.05, 0) is 31.5 Å². The molecule has 0 aliphatic carbocycles. The molecule has 2 rings (SSSR count). The second-order valence-corrected chi connectivity index (χ2v) is 4.27. The molecular formula is C15H16N2O2. The van der Waals surface area contributed by atoms with Crippen LogP contribution in [0.5, 0.6) is 5.75 Å². The van der Waals surface area contributed by atoms with Gasteiger partial charge in [-0.25, -0.2) is 0 Å². The number of ketones is 1. The third kappa shape index (κ3) is 3.37. The van der Waals surface area contributed by atoms with Crippen LogP contribution in [-0.4, -0.2) is 22.4 Å². The maximum atomic E-state index is 12.3. The minimum Gasteiger partial charge on any atom is -0.492 e. The Morgan fingerprint density at radius 2 is 2.11 bits per heavy atom. The molecule has 2 heterocycles. The monoisotopic (exact) mass is 256 g/mol. The lowest BCUT2D eigenvalue weighted by Crippen LogP contribution is -2.04. The van der Waals surface area contributed by atoms with Gasteiger partial charge in [0.25, 0.3) is 0 Å². The van der Waals surface area contributed by atoms with E-state index >= 15 is 0 Å². The van der Waals surface area contributed by atoms with Crippen molar-refractivity contribution >= 4 is 5.78 Å². The van der Waals surface area contributed by atoms with Gasteiger partial charge >= 0.3 is 0 Å². The molecule has 0 saturated carbocycles. The van der Waals surface area contributed by atoms with Crippen molar-refractivity contribution < 1.29 is 9.53 Å². The van der Waals surface area contributed by atoms with E-state index in [0.717, 1.165) is 12.1 Å². The molecule has 98 valence electrons. The fourth-order valence-electron chi connectivity index (χ4n) is 1.70. The molecule has 19 heavy (non-hydrogen) atoms. The molecule has 0 aliphatic heterocycles. The fraction of sp³-hybridized carbons (Fsp3) is 0.267. The molecule has 0 atom stereocenters. The summed E-state index contributed by atoms with van der Waals surface area (Å²) in [5.41, 5.74) is 1.96. The van der Waals surface area contributed by atoms with Crippen molar-refractivity contribution in [2.45, 2.75) is 20.3 Å². The smallest absolute Gasteiger partial charge is 0.194 e. The number of carbonyl (C=O) groups excluding carboxylic acids is 1. The van der Waals surface area contributed by atoms with Crippen LogP contribution in [0.2, 0.25) is 0 Å². The second-order valence-electron chi connectivity index (χ2n) is 4.27. The number of ether oxygens (including phenoxy) is 1. The summed E-state index contributed by atoms with van der Waals surface area (Å²) in [4.78, 5) is 20.4. The van der Waals surface area contributed by atoms with Crippen LogP contribution in [0.25, 0.3) is 0 Å². The first-order valence-corrected chi connectivity index (χ1v) is 6.26. The lowest BCUT2D eigenvalue weighted by molar-refractivity contribution is 0.103. The van der Waals surface area contributed by atoms with E-state index < -0.39 is 0 Å². The van der Waals surface area contributed by atoms with Crippen LogP contribution in [0.15, 0.2) is 36.8 Å². The molecule has 0 saturated heterocycles. The zero-order valence-electron chi connectivity index (χ0n) is 11.1. The lowest BCUT2D eigenvalue weighted by Gasteiger charge is -2.06. The van der Waals surface area contributed by atoms with Crippen molar-refractivity contribution in [1.82, 2.24) is 9.97 Å². The van der Waals surface area contributed by atoms with Gasteiger partial charge in [0.2, 0.25) is 0 Å². The number of pyridine rings is 2. The minimum absolute atomic E-state index is 0.0695. The normalized spacial score (nSPS) is 10.2.